The Kier molecular flexibility index (Phi) is 4.99. The van der Waals surface area contributed by atoms with Crippen molar-refractivity contribution >= 4 is 5.91 Å². The Bertz CT molecular complexity index is 166. The number of nitrogens with one attached hydrogen (secondary N) is 1. The van der Waals surface area contributed by atoms with Crippen molar-refractivity contribution in [2.24, 2.45) is 17.1 Å². The molecule has 0 aromatic rings. The van der Waals surface area contributed by atoms with Crippen LogP contribution in [-0.4, -0.2) is 19.5 Å². The van der Waals surface area contributed by atoms with Gasteiger partial charge in [-0.1, -0.05) is 20.8 Å². The average molecular weight is 186 g/mol. The number of carbonyl (C=O) groups is 1. The van der Waals surface area contributed by atoms with Gasteiger partial charge in [-0.3, -0.25) is 4.79 Å². The first-order chi connectivity index (χ1) is 5.87. The zero-order valence-corrected chi connectivity index (χ0v) is 9.18. The molecule has 0 aliphatic carbocycles. The number of amides is 1. The molecule has 0 aromatic carbocycles. The fourth-order valence-corrected chi connectivity index (χ4v) is 1.91. The Hall–Kier alpha value is -0.570. The first kappa shape index (κ1) is 12.4. The molecular weight excluding hydrogens is 164 g/mol. The third-order valence-electron chi connectivity index (χ3n) is 2.11. The van der Waals surface area contributed by atoms with Crippen LogP contribution in [0.25, 0.3) is 0 Å². The summed E-state index contributed by atoms with van der Waals surface area (Å²) in [6, 6.07) is 0. The summed E-state index contributed by atoms with van der Waals surface area (Å²) >= 11 is 0. The van der Waals surface area contributed by atoms with Crippen LogP contribution in [-0.2, 0) is 4.79 Å². The number of hydrogen-bond acceptors (Lipinski definition) is 2. The lowest BCUT2D eigenvalue weighted by atomic mass is 9.82. The first-order valence-electron chi connectivity index (χ1n) is 4.80. The fourth-order valence-electron chi connectivity index (χ4n) is 1.91. The molecule has 0 radical (unpaired) electrons. The van der Waals surface area contributed by atoms with E-state index in [0.717, 1.165) is 13.0 Å². The predicted molar refractivity (Wildman–Crippen MR) is 55.3 cm³/mol. The van der Waals surface area contributed by atoms with E-state index < -0.39 is 0 Å². The molecular formula is C10H22N2O. The van der Waals surface area contributed by atoms with E-state index in [-0.39, 0.29) is 11.3 Å². The quantitative estimate of drug-likeness (QED) is 0.653. The van der Waals surface area contributed by atoms with Gasteiger partial charge < -0.3 is 11.1 Å². The Balaban J connectivity index is 3.88. The topological polar surface area (TPSA) is 55.1 Å². The molecule has 0 spiro atoms. The van der Waals surface area contributed by atoms with Gasteiger partial charge in [-0.25, -0.2) is 0 Å². The van der Waals surface area contributed by atoms with Crippen LogP contribution < -0.4 is 11.1 Å². The molecule has 0 bridgehead atoms. The predicted octanol–water partition coefficient (Wildman–Crippen LogP) is 1.13. The summed E-state index contributed by atoms with van der Waals surface area (Å²) in [7, 11) is 1.94. The highest BCUT2D eigenvalue weighted by Gasteiger charge is 2.20. The van der Waals surface area contributed by atoms with E-state index in [1.165, 1.54) is 0 Å². The zero-order valence-electron chi connectivity index (χ0n) is 9.18. The molecule has 1 atom stereocenters. The molecule has 3 N–H and O–H groups in total. The first-order valence-corrected chi connectivity index (χ1v) is 4.80. The lowest BCUT2D eigenvalue weighted by molar-refractivity contribution is -0.118. The van der Waals surface area contributed by atoms with Crippen molar-refractivity contribution in [1.29, 1.82) is 0 Å². The van der Waals surface area contributed by atoms with Crippen LogP contribution in [0.4, 0.5) is 0 Å². The van der Waals surface area contributed by atoms with Crippen molar-refractivity contribution in [2.45, 2.75) is 33.6 Å². The van der Waals surface area contributed by atoms with Gasteiger partial charge in [-0.15, -0.1) is 0 Å². The Morgan fingerprint density at radius 1 is 1.54 bits per heavy atom. The third kappa shape index (κ3) is 6.58. The zero-order chi connectivity index (χ0) is 10.5. The van der Waals surface area contributed by atoms with Gasteiger partial charge in [0.15, 0.2) is 0 Å². The van der Waals surface area contributed by atoms with Gasteiger partial charge in [-0.2, -0.15) is 0 Å². The summed E-state index contributed by atoms with van der Waals surface area (Å²) in [4.78, 5) is 10.7. The van der Waals surface area contributed by atoms with Crippen molar-refractivity contribution in [3.63, 3.8) is 0 Å². The van der Waals surface area contributed by atoms with Crippen LogP contribution >= 0.6 is 0 Å². The maximum Gasteiger partial charge on any atom is 0.217 e. The molecule has 0 aliphatic heterocycles. The summed E-state index contributed by atoms with van der Waals surface area (Å²) in [5, 5.41) is 3.15. The Morgan fingerprint density at radius 3 is 2.46 bits per heavy atom. The Labute approximate surface area is 81.1 Å². The van der Waals surface area contributed by atoms with Crippen molar-refractivity contribution in [1.82, 2.24) is 5.32 Å². The molecule has 0 aromatic heterocycles. The minimum atomic E-state index is -0.201. The minimum Gasteiger partial charge on any atom is -0.370 e. The number of primary amides is 1. The molecule has 13 heavy (non-hydrogen) atoms. The summed E-state index contributed by atoms with van der Waals surface area (Å²) in [6.45, 7) is 7.43. The highest BCUT2D eigenvalue weighted by Crippen LogP contribution is 2.25. The van der Waals surface area contributed by atoms with Crippen molar-refractivity contribution in [3.05, 3.63) is 0 Å². The molecule has 1 amide bonds. The fraction of sp³-hybridized carbons (Fsp3) is 0.900. The third-order valence-corrected chi connectivity index (χ3v) is 2.11. The minimum absolute atomic E-state index is 0.201. The van der Waals surface area contributed by atoms with Gasteiger partial charge in [-0.05, 0) is 31.3 Å². The van der Waals surface area contributed by atoms with Crippen LogP contribution in [0, 0.1) is 11.3 Å². The summed E-state index contributed by atoms with van der Waals surface area (Å²) < 4.78 is 0. The summed E-state index contributed by atoms with van der Waals surface area (Å²) in [6.07, 6.45) is 1.52. The van der Waals surface area contributed by atoms with E-state index in [0.29, 0.717) is 12.3 Å². The molecule has 0 saturated carbocycles. The van der Waals surface area contributed by atoms with Gasteiger partial charge >= 0.3 is 0 Å². The number of rotatable bonds is 6. The molecule has 0 saturated heterocycles. The highest BCUT2D eigenvalue weighted by molar-refractivity contribution is 5.73. The number of hydrogen-bond donors (Lipinski definition) is 2. The molecule has 0 fully saturated rings. The van der Waals surface area contributed by atoms with E-state index in [1.807, 2.05) is 7.05 Å². The second-order valence-electron chi connectivity index (χ2n) is 4.67. The van der Waals surface area contributed by atoms with Crippen molar-refractivity contribution in [3.8, 4) is 0 Å². The van der Waals surface area contributed by atoms with Crippen LogP contribution in [0.1, 0.15) is 33.6 Å². The van der Waals surface area contributed by atoms with Gasteiger partial charge in [0.25, 0.3) is 0 Å². The van der Waals surface area contributed by atoms with E-state index in [9.17, 15) is 4.79 Å². The van der Waals surface area contributed by atoms with E-state index in [4.69, 9.17) is 5.73 Å². The maximum atomic E-state index is 10.7. The molecule has 3 heteroatoms. The lowest BCUT2D eigenvalue weighted by Gasteiger charge is -2.27. The maximum absolute atomic E-state index is 10.7. The number of nitrogens with two attached hydrogens (primary N) is 1. The highest BCUT2D eigenvalue weighted by atomic mass is 16.1. The van der Waals surface area contributed by atoms with Gasteiger partial charge in [0, 0.05) is 6.42 Å². The normalized spacial score (nSPS) is 14.2. The molecule has 78 valence electrons. The van der Waals surface area contributed by atoms with E-state index >= 15 is 0 Å². The standard InChI is InChI=1S/C10H22N2O/c1-8(5-9(11)13)6-10(2,3)7-12-4/h8,12H,5-7H2,1-4H3,(H2,11,13). The molecule has 0 heterocycles. The molecule has 3 nitrogen and oxygen atoms in total. The molecule has 0 aliphatic rings. The largest absolute Gasteiger partial charge is 0.370 e. The second-order valence-corrected chi connectivity index (χ2v) is 4.67. The van der Waals surface area contributed by atoms with Crippen LogP contribution in [0.15, 0.2) is 0 Å². The van der Waals surface area contributed by atoms with Crippen molar-refractivity contribution < 1.29 is 4.79 Å². The van der Waals surface area contributed by atoms with E-state index in [2.05, 4.69) is 26.1 Å². The summed E-state index contributed by atoms with van der Waals surface area (Å²) in [5.74, 6) is 0.175. The van der Waals surface area contributed by atoms with E-state index in [1.54, 1.807) is 0 Å². The SMILES string of the molecule is CNCC(C)(C)CC(C)CC(N)=O. The van der Waals surface area contributed by atoms with Gasteiger partial charge in [0.05, 0.1) is 0 Å². The number of carbonyl (C=O) groups excluding carboxylic acids is 1. The average Bonchev–Trinajstić information content (AvgIpc) is 1.81. The van der Waals surface area contributed by atoms with Crippen LogP contribution in [0.5, 0.6) is 0 Å². The lowest BCUT2D eigenvalue weighted by Crippen LogP contribution is -2.29. The van der Waals surface area contributed by atoms with Gasteiger partial charge in [0.1, 0.15) is 0 Å². The molecule has 0 rings (SSSR count). The van der Waals surface area contributed by atoms with Crippen molar-refractivity contribution in [2.75, 3.05) is 13.6 Å². The summed E-state index contributed by atoms with van der Waals surface area (Å²) in [5.41, 5.74) is 5.37. The van der Waals surface area contributed by atoms with Crippen LogP contribution in [0.2, 0.25) is 0 Å². The Morgan fingerprint density at radius 2 is 2.08 bits per heavy atom. The second kappa shape index (κ2) is 5.22. The molecule has 1 unspecified atom stereocenters. The smallest absolute Gasteiger partial charge is 0.217 e. The van der Waals surface area contributed by atoms with Gasteiger partial charge in [0.2, 0.25) is 5.91 Å². The van der Waals surface area contributed by atoms with Crippen LogP contribution in [0.3, 0.4) is 0 Å². The monoisotopic (exact) mass is 186 g/mol.